The van der Waals surface area contributed by atoms with Crippen molar-refractivity contribution in [3.8, 4) is 0 Å². The Morgan fingerprint density at radius 2 is 1.83 bits per heavy atom. The molecular weight excluding hydrogens is 426 g/mol. The highest BCUT2D eigenvalue weighted by Crippen LogP contribution is 2.24. The van der Waals surface area contributed by atoms with Gasteiger partial charge in [0.05, 0.1) is 25.2 Å². The van der Waals surface area contributed by atoms with Crippen LogP contribution in [0.15, 0.2) is 42.5 Å². The molecule has 0 atom stereocenters. The van der Waals surface area contributed by atoms with Crippen LogP contribution in [-0.4, -0.2) is 53.4 Å². The van der Waals surface area contributed by atoms with Crippen molar-refractivity contribution in [3.63, 3.8) is 0 Å². The van der Waals surface area contributed by atoms with E-state index in [1.54, 1.807) is 18.2 Å². The number of ether oxygens (including phenoxy) is 1. The van der Waals surface area contributed by atoms with Gasteiger partial charge in [0.15, 0.2) is 0 Å². The van der Waals surface area contributed by atoms with E-state index < -0.39 is 15.9 Å². The third kappa shape index (κ3) is 5.87. The van der Waals surface area contributed by atoms with E-state index in [2.05, 4.69) is 10.2 Å². The van der Waals surface area contributed by atoms with Gasteiger partial charge in [0.25, 0.3) is 0 Å². The number of nitrogens with zero attached hydrogens (tertiary/aromatic N) is 2. The summed E-state index contributed by atoms with van der Waals surface area (Å²) in [5, 5.41) is 3.23. The Bertz CT molecular complexity index is 990. The molecule has 1 N–H and O–H groups in total. The van der Waals surface area contributed by atoms with E-state index >= 15 is 0 Å². The minimum Gasteiger partial charge on any atom is -0.378 e. The number of anilines is 2. The number of carbonyl (C=O) groups excluding carboxylic acids is 1. The summed E-state index contributed by atoms with van der Waals surface area (Å²) >= 11 is 6.12. The van der Waals surface area contributed by atoms with Crippen LogP contribution in [0.5, 0.6) is 0 Å². The molecule has 30 heavy (non-hydrogen) atoms. The van der Waals surface area contributed by atoms with E-state index in [0.29, 0.717) is 17.3 Å². The zero-order valence-corrected chi connectivity index (χ0v) is 18.7. The fraction of sp³-hybridized carbons (Fsp3) is 0.381. The maximum absolute atomic E-state index is 12.4. The Balaban J connectivity index is 1.61. The molecule has 1 amide bonds. The van der Waals surface area contributed by atoms with E-state index in [0.717, 1.165) is 53.7 Å². The number of morpholine rings is 1. The van der Waals surface area contributed by atoms with Crippen LogP contribution < -0.4 is 14.5 Å². The Morgan fingerprint density at radius 1 is 1.17 bits per heavy atom. The highest BCUT2D eigenvalue weighted by molar-refractivity contribution is 7.92. The van der Waals surface area contributed by atoms with Crippen molar-refractivity contribution in [2.24, 2.45) is 0 Å². The van der Waals surface area contributed by atoms with Crippen LogP contribution in [0.2, 0.25) is 5.02 Å². The molecule has 0 unspecified atom stereocenters. The summed E-state index contributed by atoms with van der Waals surface area (Å²) in [5.41, 5.74) is 3.24. The van der Waals surface area contributed by atoms with Crippen LogP contribution in [0.1, 0.15) is 11.1 Å². The molecule has 162 valence electrons. The molecular formula is C21H26ClN3O4S. The third-order valence-corrected chi connectivity index (χ3v) is 6.48. The standard InChI is InChI=1S/C21H26ClN3O4S/c1-16-3-6-19(13-20(16)22)25(30(2,27)28)15-21(26)23-14-17-4-7-18(8-5-17)24-9-11-29-12-10-24/h3-8,13H,9-12,14-15H2,1-2H3,(H,23,26). The van der Waals surface area contributed by atoms with Gasteiger partial charge in [-0.1, -0.05) is 29.8 Å². The second kappa shape index (κ2) is 9.68. The van der Waals surface area contributed by atoms with Gasteiger partial charge in [0.2, 0.25) is 15.9 Å². The van der Waals surface area contributed by atoms with Gasteiger partial charge in [0, 0.05) is 30.3 Å². The van der Waals surface area contributed by atoms with Crippen molar-refractivity contribution in [2.75, 3.05) is 48.3 Å². The summed E-state index contributed by atoms with van der Waals surface area (Å²) in [6.07, 6.45) is 1.07. The van der Waals surface area contributed by atoms with Crippen molar-refractivity contribution in [2.45, 2.75) is 13.5 Å². The molecule has 0 aromatic heterocycles. The third-order valence-electron chi connectivity index (χ3n) is 4.93. The average molecular weight is 452 g/mol. The van der Waals surface area contributed by atoms with Crippen LogP contribution in [-0.2, 0) is 26.1 Å². The topological polar surface area (TPSA) is 79.0 Å². The molecule has 1 aliphatic rings. The largest absolute Gasteiger partial charge is 0.378 e. The second-order valence-corrected chi connectivity index (χ2v) is 9.56. The number of hydrogen-bond donors (Lipinski definition) is 1. The van der Waals surface area contributed by atoms with Gasteiger partial charge in [-0.15, -0.1) is 0 Å². The molecule has 7 nitrogen and oxygen atoms in total. The SMILES string of the molecule is Cc1ccc(N(CC(=O)NCc2ccc(N3CCOCC3)cc2)S(C)(=O)=O)cc1Cl. The van der Waals surface area contributed by atoms with Gasteiger partial charge in [-0.2, -0.15) is 0 Å². The van der Waals surface area contributed by atoms with Crippen molar-refractivity contribution < 1.29 is 17.9 Å². The lowest BCUT2D eigenvalue weighted by Gasteiger charge is -2.29. The summed E-state index contributed by atoms with van der Waals surface area (Å²) in [5.74, 6) is -0.394. The molecule has 1 aliphatic heterocycles. The van der Waals surface area contributed by atoms with Crippen molar-refractivity contribution in [1.82, 2.24) is 5.32 Å². The monoisotopic (exact) mass is 451 g/mol. The summed E-state index contributed by atoms with van der Waals surface area (Å²) in [6.45, 7) is 5.00. The molecule has 2 aromatic rings. The van der Waals surface area contributed by atoms with Crippen molar-refractivity contribution in [1.29, 1.82) is 0 Å². The number of aryl methyl sites for hydroxylation is 1. The lowest BCUT2D eigenvalue weighted by atomic mass is 10.2. The molecule has 1 fully saturated rings. The van der Waals surface area contributed by atoms with Gasteiger partial charge in [-0.05, 0) is 42.3 Å². The van der Waals surface area contributed by atoms with Crippen molar-refractivity contribution >= 4 is 38.9 Å². The number of benzene rings is 2. The van der Waals surface area contributed by atoms with Gasteiger partial charge in [-0.3, -0.25) is 9.10 Å². The summed E-state index contributed by atoms with van der Waals surface area (Å²) in [7, 11) is -3.65. The van der Waals surface area contributed by atoms with Crippen molar-refractivity contribution in [3.05, 3.63) is 58.6 Å². The first-order chi connectivity index (χ1) is 14.2. The number of carbonyl (C=O) groups is 1. The first kappa shape index (κ1) is 22.4. The number of sulfonamides is 1. The summed E-state index contributed by atoms with van der Waals surface area (Å²) in [4.78, 5) is 14.7. The van der Waals surface area contributed by atoms with Gasteiger partial charge < -0.3 is 15.0 Å². The quantitative estimate of drug-likeness (QED) is 0.700. The van der Waals surface area contributed by atoms with E-state index in [1.165, 1.54) is 0 Å². The maximum atomic E-state index is 12.4. The molecule has 0 saturated carbocycles. The van der Waals surface area contributed by atoms with Gasteiger partial charge in [0.1, 0.15) is 6.54 Å². The molecule has 9 heteroatoms. The minimum absolute atomic E-state index is 0.314. The highest BCUT2D eigenvalue weighted by atomic mass is 35.5. The zero-order valence-electron chi connectivity index (χ0n) is 17.1. The first-order valence-corrected chi connectivity index (χ1v) is 11.9. The Labute approximate surface area is 182 Å². The lowest BCUT2D eigenvalue weighted by Crippen LogP contribution is -2.40. The number of amides is 1. The van der Waals surface area contributed by atoms with Crippen LogP contribution in [0.3, 0.4) is 0 Å². The smallest absolute Gasteiger partial charge is 0.241 e. The normalized spacial score (nSPS) is 14.4. The zero-order chi connectivity index (χ0) is 21.7. The van der Waals surface area contributed by atoms with Crippen LogP contribution >= 0.6 is 11.6 Å². The number of nitrogens with one attached hydrogen (secondary N) is 1. The first-order valence-electron chi connectivity index (χ1n) is 9.66. The lowest BCUT2D eigenvalue weighted by molar-refractivity contribution is -0.119. The fourth-order valence-electron chi connectivity index (χ4n) is 3.17. The Morgan fingerprint density at radius 3 is 2.43 bits per heavy atom. The van der Waals surface area contributed by atoms with Gasteiger partial charge in [-0.25, -0.2) is 8.42 Å². The van der Waals surface area contributed by atoms with Gasteiger partial charge >= 0.3 is 0 Å². The van der Waals surface area contributed by atoms with E-state index in [1.807, 2.05) is 31.2 Å². The molecule has 0 radical (unpaired) electrons. The Hall–Kier alpha value is -2.29. The molecule has 2 aromatic carbocycles. The van der Waals surface area contributed by atoms with E-state index in [4.69, 9.17) is 16.3 Å². The molecule has 1 saturated heterocycles. The molecule has 0 spiro atoms. The average Bonchev–Trinajstić information content (AvgIpc) is 2.73. The van der Waals surface area contributed by atoms with E-state index in [9.17, 15) is 13.2 Å². The predicted molar refractivity (Wildman–Crippen MR) is 120 cm³/mol. The summed E-state index contributed by atoms with van der Waals surface area (Å²) in [6, 6.07) is 12.9. The second-order valence-electron chi connectivity index (χ2n) is 7.25. The number of rotatable bonds is 7. The summed E-state index contributed by atoms with van der Waals surface area (Å²) < 4.78 is 30.8. The number of hydrogen-bond acceptors (Lipinski definition) is 5. The van der Waals surface area contributed by atoms with E-state index in [-0.39, 0.29) is 6.54 Å². The number of halogens is 1. The molecule has 0 bridgehead atoms. The van der Waals surface area contributed by atoms with Crippen LogP contribution in [0.25, 0.3) is 0 Å². The molecule has 3 rings (SSSR count). The molecule has 1 heterocycles. The van der Waals surface area contributed by atoms with Crippen LogP contribution in [0.4, 0.5) is 11.4 Å². The minimum atomic E-state index is -3.65. The van der Waals surface area contributed by atoms with Crippen LogP contribution in [0, 0.1) is 6.92 Å². The predicted octanol–water partition coefficient (Wildman–Crippen LogP) is 2.57. The maximum Gasteiger partial charge on any atom is 0.241 e. The molecule has 0 aliphatic carbocycles. The Kier molecular flexibility index (Phi) is 7.23. The fourth-order valence-corrected chi connectivity index (χ4v) is 4.19. The highest BCUT2D eigenvalue weighted by Gasteiger charge is 2.21.